The Kier molecular flexibility index (Phi) is 5.79. The van der Waals surface area contributed by atoms with Crippen LogP contribution in [0.15, 0.2) is 30.3 Å². The van der Waals surface area contributed by atoms with Crippen LogP contribution in [0.5, 0.6) is 0 Å². The van der Waals surface area contributed by atoms with Gasteiger partial charge in [0, 0.05) is 19.6 Å². The summed E-state index contributed by atoms with van der Waals surface area (Å²) in [5.41, 5.74) is 5.74. The van der Waals surface area contributed by atoms with Gasteiger partial charge in [-0.05, 0) is 18.0 Å². The first kappa shape index (κ1) is 15.2. The van der Waals surface area contributed by atoms with Crippen LogP contribution in [0.1, 0.15) is 26.3 Å². The lowest BCUT2D eigenvalue weighted by Crippen LogP contribution is -2.47. The molecule has 3 nitrogen and oxygen atoms in total. The third-order valence-electron chi connectivity index (χ3n) is 3.20. The molecule has 0 aromatic heterocycles. The molecule has 0 radical (unpaired) electrons. The Hall–Kier alpha value is -0.900. The first-order valence-electron chi connectivity index (χ1n) is 6.72. The quantitative estimate of drug-likeness (QED) is 0.776. The summed E-state index contributed by atoms with van der Waals surface area (Å²) in [6.07, 6.45) is 0. The second-order valence-electron chi connectivity index (χ2n) is 5.32. The van der Waals surface area contributed by atoms with E-state index in [0.717, 1.165) is 18.7 Å². The second kappa shape index (κ2) is 6.88. The highest BCUT2D eigenvalue weighted by molar-refractivity contribution is 5.23. The lowest BCUT2D eigenvalue weighted by molar-refractivity contribution is 0.00530. The highest BCUT2D eigenvalue weighted by Crippen LogP contribution is 2.21. The molecule has 3 heteroatoms. The molecule has 0 aliphatic carbocycles. The zero-order valence-corrected chi connectivity index (χ0v) is 11.8. The predicted octanol–water partition coefficient (Wildman–Crippen LogP) is 1.81. The van der Waals surface area contributed by atoms with Crippen molar-refractivity contribution in [3.63, 3.8) is 0 Å². The zero-order chi connectivity index (χ0) is 13.6. The van der Waals surface area contributed by atoms with Gasteiger partial charge in [-0.1, -0.05) is 51.1 Å². The second-order valence-corrected chi connectivity index (χ2v) is 5.32. The summed E-state index contributed by atoms with van der Waals surface area (Å²) in [4.78, 5) is 2.25. The van der Waals surface area contributed by atoms with E-state index in [2.05, 4.69) is 25.7 Å². The third-order valence-corrected chi connectivity index (χ3v) is 3.20. The van der Waals surface area contributed by atoms with Crippen LogP contribution in [0.4, 0.5) is 0 Å². The maximum Gasteiger partial charge on any atom is 0.114 e. The molecule has 0 fully saturated rings. The van der Waals surface area contributed by atoms with E-state index < -0.39 is 5.60 Å². The third kappa shape index (κ3) is 4.09. The molecule has 1 rings (SSSR count). The minimum absolute atomic E-state index is 0.242. The van der Waals surface area contributed by atoms with Gasteiger partial charge >= 0.3 is 0 Å². The fourth-order valence-electron chi connectivity index (χ4n) is 2.21. The maximum absolute atomic E-state index is 10.7. The Bertz CT molecular complexity index is 340. The van der Waals surface area contributed by atoms with E-state index in [4.69, 9.17) is 5.73 Å². The molecule has 3 N–H and O–H groups in total. The molecule has 0 bridgehead atoms. The monoisotopic (exact) mass is 250 g/mol. The van der Waals surface area contributed by atoms with Crippen LogP contribution in [-0.4, -0.2) is 36.2 Å². The van der Waals surface area contributed by atoms with Gasteiger partial charge in [-0.25, -0.2) is 0 Å². The van der Waals surface area contributed by atoms with Gasteiger partial charge in [-0.3, -0.25) is 0 Å². The summed E-state index contributed by atoms with van der Waals surface area (Å²) in [6.45, 7) is 9.22. The standard InChI is InChI=1S/C15H26N2O/c1-4-17(10-13(2)3)12-15(18,11-16)14-8-6-5-7-9-14/h5-9,13,18H,4,10-12,16H2,1-3H3. The van der Waals surface area contributed by atoms with E-state index >= 15 is 0 Å². The number of rotatable bonds is 7. The summed E-state index contributed by atoms with van der Waals surface area (Å²) in [6, 6.07) is 9.71. The average Bonchev–Trinajstić information content (AvgIpc) is 2.38. The molecule has 0 amide bonds. The topological polar surface area (TPSA) is 49.5 Å². The van der Waals surface area contributed by atoms with E-state index in [1.165, 1.54) is 0 Å². The molecule has 0 aliphatic rings. The smallest absolute Gasteiger partial charge is 0.114 e. The van der Waals surface area contributed by atoms with E-state index in [-0.39, 0.29) is 6.54 Å². The van der Waals surface area contributed by atoms with Gasteiger partial charge in [-0.2, -0.15) is 0 Å². The van der Waals surface area contributed by atoms with E-state index in [9.17, 15) is 5.11 Å². The lowest BCUT2D eigenvalue weighted by Gasteiger charge is -2.34. The van der Waals surface area contributed by atoms with Crippen molar-refractivity contribution in [3.8, 4) is 0 Å². The fraction of sp³-hybridized carbons (Fsp3) is 0.600. The van der Waals surface area contributed by atoms with Gasteiger partial charge in [0.2, 0.25) is 0 Å². The maximum atomic E-state index is 10.7. The Morgan fingerprint density at radius 1 is 1.28 bits per heavy atom. The molecule has 1 aromatic carbocycles. The molecule has 18 heavy (non-hydrogen) atoms. The van der Waals surface area contributed by atoms with Crippen molar-refractivity contribution in [3.05, 3.63) is 35.9 Å². The van der Waals surface area contributed by atoms with Gasteiger partial charge in [0.05, 0.1) is 0 Å². The Morgan fingerprint density at radius 2 is 1.89 bits per heavy atom. The first-order chi connectivity index (χ1) is 8.51. The van der Waals surface area contributed by atoms with Crippen LogP contribution in [-0.2, 0) is 5.60 Å². The van der Waals surface area contributed by atoms with E-state index in [1.807, 2.05) is 30.3 Å². The van der Waals surface area contributed by atoms with Crippen LogP contribution in [0.25, 0.3) is 0 Å². The minimum Gasteiger partial charge on any atom is -0.382 e. The molecule has 0 aliphatic heterocycles. The molecule has 1 aromatic rings. The molecule has 102 valence electrons. The van der Waals surface area contributed by atoms with Gasteiger partial charge in [0.25, 0.3) is 0 Å². The minimum atomic E-state index is -0.952. The number of nitrogens with two attached hydrogens (primary N) is 1. The summed E-state index contributed by atoms with van der Waals surface area (Å²) in [5, 5.41) is 10.7. The molecule has 0 spiro atoms. The Labute approximate surface area is 111 Å². The highest BCUT2D eigenvalue weighted by Gasteiger charge is 2.29. The first-order valence-corrected chi connectivity index (χ1v) is 6.72. The number of hydrogen-bond acceptors (Lipinski definition) is 3. The van der Waals surface area contributed by atoms with E-state index in [1.54, 1.807) is 0 Å². The van der Waals surface area contributed by atoms with Crippen LogP contribution in [0, 0.1) is 5.92 Å². The normalized spacial score (nSPS) is 15.1. The largest absolute Gasteiger partial charge is 0.382 e. The van der Waals surface area contributed by atoms with Crippen molar-refractivity contribution in [2.75, 3.05) is 26.2 Å². The van der Waals surface area contributed by atoms with Gasteiger partial charge in [0.1, 0.15) is 5.60 Å². The Balaban J connectivity index is 2.81. The van der Waals surface area contributed by atoms with Crippen molar-refractivity contribution in [2.45, 2.75) is 26.4 Å². The molecule has 1 atom stereocenters. The van der Waals surface area contributed by atoms with Crippen LogP contribution >= 0.6 is 0 Å². The number of likely N-dealkylation sites (N-methyl/N-ethyl adjacent to an activating group) is 1. The van der Waals surface area contributed by atoms with Crippen LogP contribution in [0.2, 0.25) is 0 Å². The van der Waals surface area contributed by atoms with Crippen molar-refractivity contribution < 1.29 is 5.11 Å². The van der Waals surface area contributed by atoms with Gasteiger partial charge < -0.3 is 15.7 Å². The molecule has 1 unspecified atom stereocenters. The summed E-state index contributed by atoms with van der Waals surface area (Å²) in [7, 11) is 0. The molecular weight excluding hydrogens is 224 g/mol. The zero-order valence-electron chi connectivity index (χ0n) is 11.8. The van der Waals surface area contributed by atoms with Crippen LogP contribution in [0.3, 0.4) is 0 Å². The highest BCUT2D eigenvalue weighted by atomic mass is 16.3. The summed E-state index contributed by atoms with van der Waals surface area (Å²) >= 11 is 0. The van der Waals surface area contributed by atoms with Crippen molar-refractivity contribution in [2.24, 2.45) is 11.7 Å². The number of nitrogens with zero attached hydrogens (tertiary/aromatic N) is 1. The van der Waals surface area contributed by atoms with E-state index in [0.29, 0.717) is 12.5 Å². The summed E-state index contributed by atoms with van der Waals surface area (Å²) < 4.78 is 0. The number of aliphatic hydroxyl groups is 1. The Morgan fingerprint density at radius 3 is 2.33 bits per heavy atom. The number of benzene rings is 1. The molecule has 0 heterocycles. The number of hydrogen-bond donors (Lipinski definition) is 2. The van der Waals surface area contributed by atoms with Crippen LogP contribution < -0.4 is 5.73 Å². The lowest BCUT2D eigenvalue weighted by atomic mass is 9.93. The summed E-state index contributed by atoms with van der Waals surface area (Å²) in [5.74, 6) is 0.586. The van der Waals surface area contributed by atoms with Gasteiger partial charge in [0.15, 0.2) is 0 Å². The molecule has 0 saturated carbocycles. The predicted molar refractivity (Wildman–Crippen MR) is 76.3 cm³/mol. The van der Waals surface area contributed by atoms with Crippen molar-refractivity contribution in [1.29, 1.82) is 0 Å². The van der Waals surface area contributed by atoms with Crippen molar-refractivity contribution in [1.82, 2.24) is 4.90 Å². The fourth-order valence-corrected chi connectivity index (χ4v) is 2.21. The van der Waals surface area contributed by atoms with Crippen molar-refractivity contribution >= 4 is 0 Å². The average molecular weight is 250 g/mol. The SMILES string of the molecule is CCN(CC(C)C)CC(O)(CN)c1ccccc1. The van der Waals surface area contributed by atoms with Gasteiger partial charge in [-0.15, -0.1) is 0 Å². The molecular formula is C15H26N2O. The molecule has 0 saturated heterocycles.